The number of aromatic carboxylic acids is 1. The van der Waals surface area contributed by atoms with Crippen molar-refractivity contribution in [1.82, 2.24) is 4.98 Å². The van der Waals surface area contributed by atoms with Gasteiger partial charge in [0.05, 0.1) is 0 Å². The number of hydrogen-bond donors (Lipinski definition) is 1. The van der Waals surface area contributed by atoms with Crippen molar-refractivity contribution in [2.45, 2.75) is 13.3 Å². The third-order valence-corrected chi connectivity index (χ3v) is 3.20. The van der Waals surface area contributed by atoms with Gasteiger partial charge in [-0.2, -0.15) is 0 Å². The first-order chi connectivity index (χ1) is 9.60. The summed E-state index contributed by atoms with van der Waals surface area (Å²) in [7, 11) is 0. The molecule has 1 aromatic rings. The molecule has 1 aliphatic carbocycles. The van der Waals surface area contributed by atoms with Crippen molar-refractivity contribution in [2.75, 3.05) is 0 Å². The van der Waals surface area contributed by atoms with E-state index in [4.69, 9.17) is 9.52 Å². The molecule has 0 spiro atoms. The zero-order chi connectivity index (χ0) is 14.3. The Labute approximate surface area is 113 Å². The molecule has 0 fully saturated rings. The largest absolute Gasteiger partial charge is 0.477 e. The minimum absolute atomic E-state index is 0.0155. The first-order valence-electron chi connectivity index (χ1n) is 6.20. The Morgan fingerprint density at radius 1 is 1.30 bits per heavy atom. The molecule has 0 radical (unpaired) electrons. The summed E-state index contributed by atoms with van der Waals surface area (Å²) < 4.78 is 5.58. The Bertz CT molecular complexity index is 850. The van der Waals surface area contributed by atoms with E-state index in [-0.39, 0.29) is 11.3 Å². The summed E-state index contributed by atoms with van der Waals surface area (Å²) in [5.41, 5.74) is 1.62. The highest BCUT2D eigenvalue weighted by molar-refractivity contribution is 5.95. The van der Waals surface area contributed by atoms with Crippen LogP contribution in [-0.2, 0) is 6.42 Å². The summed E-state index contributed by atoms with van der Waals surface area (Å²) in [5.74, 6) is -1.29. The van der Waals surface area contributed by atoms with E-state index >= 15 is 0 Å². The summed E-state index contributed by atoms with van der Waals surface area (Å²) in [6, 6.07) is 8.20. The van der Waals surface area contributed by atoms with Crippen LogP contribution in [0.5, 0.6) is 0 Å². The fraction of sp³-hybridized carbons (Fsp3) is 0.133. The van der Waals surface area contributed by atoms with E-state index in [1.165, 1.54) is 12.1 Å². The maximum atomic E-state index is 11.6. The fourth-order valence-corrected chi connectivity index (χ4v) is 2.14. The van der Waals surface area contributed by atoms with Crippen molar-refractivity contribution in [3.05, 3.63) is 51.7 Å². The van der Waals surface area contributed by atoms with E-state index in [0.29, 0.717) is 16.8 Å². The molecule has 0 unspecified atom stereocenters. The van der Waals surface area contributed by atoms with Gasteiger partial charge in [0.2, 0.25) is 0 Å². The van der Waals surface area contributed by atoms with Crippen LogP contribution in [0.2, 0.25) is 0 Å². The van der Waals surface area contributed by atoms with Crippen molar-refractivity contribution >= 4 is 17.1 Å². The maximum absolute atomic E-state index is 11.6. The number of benzene rings is 2. The zero-order valence-electron chi connectivity index (χ0n) is 10.7. The lowest BCUT2D eigenvalue weighted by atomic mass is 10.1. The van der Waals surface area contributed by atoms with Crippen LogP contribution in [0, 0.1) is 0 Å². The standard InChI is InChI=1S/C15H11NO4/c1-2-8-3-6-12-10(7-8)16-9-4-5-11(17)13(15(18)19)14(9)20-12/h3-7H,2H2,1H3,(H,18,19). The van der Waals surface area contributed by atoms with Crippen LogP contribution in [0.3, 0.4) is 0 Å². The first kappa shape index (κ1) is 12.3. The topological polar surface area (TPSA) is 80.4 Å². The van der Waals surface area contributed by atoms with Gasteiger partial charge in [0.25, 0.3) is 0 Å². The molecule has 1 aromatic carbocycles. The number of carboxylic acids is 1. The van der Waals surface area contributed by atoms with Gasteiger partial charge in [-0.1, -0.05) is 13.0 Å². The van der Waals surface area contributed by atoms with Crippen LogP contribution in [0.15, 0.2) is 39.5 Å². The fourth-order valence-electron chi connectivity index (χ4n) is 2.14. The number of carboxylic acid groups (broad SMARTS) is 1. The number of rotatable bonds is 2. The summed E-state index contributed by atoms with van der Waals surface area (Å²) in [6.45, 7) is 2.03. The van der Waals surface area contributed by atoms with E-state index in [0.717, 1.165) is 12.0 Å². The molecule has 0 saturated carbocycles. The Morgan fingerprint density at radius 2 is 2.10 bits per heavy atom. The second-order valence-corrected chi connectivity index (χ2v) is 4.46. The lowest BCUT2D eigenvalue weighted by Gasteiger charge is -2.08. The van der Waals surface area contributed by atoms with Gasteiger partial charge in [0.1, 0.15) is 11.2 Å². The molecule has 5 nitrogen and oxygen atoms in total. The second-order valence-electron chi connectivity index (χ2n) is 4.46. The molecule has 2 aliphatic rings. The highest BCUT2D eigenvalue weighted by Crippen LogP contribution is 2.27. The van der Waals surface area contributed by atoms with Gasteiger partial charge in [0.15, 0.2) is 22.3 Å². The lowest BCUT2D eigenvalue weighted by Crippen LogP contribution is -2.16. The molecule has 20 heavy (non-hydrogen) atoms. The van der Waals surface area contributed by atoms with Crippen molar-refractivity contribution < 1.29 is 14.3 Å². The highest BCUT2D eigenvalue weighted by atomic mass is 16.4. The van der Waals surface area contributed by atoms with Gasteiger partial charge < -0.3 is 9.52 Å². The van der Waals surface area contributed by atoms with Crippen LogP contribution in [-0.4, -0.2) is 16.1 Å². The van der Waals surface area contributed by atoms with Gasteiger partial charge in [-0.15, -0.1) is 0 Å². The van der Waals surface area contributed by atoms with Crippen LogP contribution in [0.4, 0.5) is 0 Å². The molecule has 100 valence electrons. The second kappa shape index (κ2) is 4.45. The van der Waals surface area contributed by atoms with Crippen LogP contribution in [0.25, 0.3) is 22.6 Å². The minimum Gasteiger partial charge on any atom is -0.477 e. The number of aromatic nitrogens is 1. The third kappa shape index (κ3) is 1.84. The molecule has 1 aliphatic heterocycles. The van der Waals surface area contributed by atoms with Crippen molar-refractivity contribution in [3.63, 3.8) is 0 Å². The predicted molar refractivity (Wildman–Crippen MR) is 73.2 cm³/mol. The van der Waals surface area contributed by atoms with Crippen LogP contribution < -0.4 is 5.43 Å². The van der Waals surface area contributed by atoms with Crippen molar-refractivity contribution in [3.8, 4) is 11.5 Å². The zero-order valence-corrected chi connectivity index (χ0v) is 10.7. The average Bonchev–Trinajstić information content (AvgIpc) is 2.44. The highest BCUT2D eigenvalue weighted by Gasteiger charge is 2.21. The van der Waals surface area contributed by atoms with E-state index in [2.05, 4.69) is 4.98 Å². The summed E-state index contributed by atoms with van der Waals surface area (Å²) in [4.78, 5) is 27.2. The summed E-state index contributed by atoms with van der Waals surface area (Å²) in [6.07, 6.45) is 0.871. The van der Waals surface area contributed by atoms with Crippen LogP contribution >= 0.6 is 0 Å². The Balaban J connectivity index is 2.41. The number of carbonyl (C=O) groups is 1. The predicted octanol–water partition coefficient (Wildman–Crippen LogP) is 2.55. The quantitative estimate of drug-likeness (QED) is 0.723. The SMILES string of the molecule is CCc1ccc2oc3c(C(=O)O)c(=O)ccc-3nc2c1. The molecular formula is C15H11NO4. The van der Waals surface area contributed by atoms with E-state index in [9.17, 15) is 9.59 Å². The molecule has 0 amide bonds. The van der Waals surface area contributed by atoms with E-state index in [1.54, 1.807) is 6.07 Å². The maximum Gasteiger partial charge on any atom is 0.343 e. The van der Waals surface area contributed by atoms with Gasteiger partial charge in [-0.3, -0.25) is 4.79 Å². The Kier molecular flexibility index (Phi) is 2.75. The molecule has 1 N–H and O–H groups in total. The molecule has 0 bridgehead atoms. The normalized spacial score (nSPS) is 11.1. The molecule has 0 aromatic heterocycles. The summed E-state index contributed by atoms with van der Waals surface area (Å²) >= 11 is 0. The Hall–Kier alpha value is -2.69. The minimum atomic E-state index is -1.31. The number of fused-ring (bicyclic) bond motifs is 2. The van der Waals surface area contributed by atoms with E-state index in [1.807, 2.05) is 19.1 Å². The monoisotopic (exact) mass is 269 g/mol. The molecule has 0 saturated heterocycles. The molecule has 5 heteroatoms. The number of nitrogens with zero attached hydrogens (tertiary/aromatic N) is 1. The molecule has 3 rings (SSSR count). The van der Waals surface area contributed by atoms with Gasteiger partial charge >= 0.3 is 5.97 Å². The third-order valence-electron chi connectivity index (χ3n) is 3.20. The van der Waals surface area contributed by atoms with Crippen molar-refractivity contribution in [1.29, 1.82) is 0 Å². The lowest BCUT2D eigenvalue weighted by molar-refractivity contribution is 0.0694. The molecule has 1 heterocycles. The van der Waals surface area contributed by atoms with Gasteiger partial charge in [0, 0.05) is 0 Å². The van der Waals surface area contributed by atoms with Crippen LogP contribution in [0.1, 0.15) is 22.8 Å². The van der Waals surface area contributed by atoms with E-state index < -0.39 is 11.4 Å². The number of aryl methyl sites for hydroxylation is 1. The Morgan fingerprint density at radius 3 is 2.80 bits per heavy atom. The number of hydrogen-bond acceptors (Lipinski definition) is 4. The molecular weight excluding hydrogens is 258 g/mol. The first-order valence-corrected chi connectivity index (χ1v) is 6.20. The van der Waals surface area contributed by atoms with Gasteiger partial charge in [-0.25, -0.2) is 9.78 Å². The summed E-state index contributed by atoms with van der Waals surface area (Å²) in [5, 5.41) is 9.13. The smallest absolute Gasteiger partial charge is 0.343 e. The molecule has 0 atom stereocenters. The van der Waals surface area contributed by atoms with Crippen molar-refractivity contribution in [2.24, 2.45) is 0 Å². The average molecular weight is 269 g/mol. The van der Waals surface area contributed by atoms with Gasteiger partial charge in [-0.05, 0) is 36.2 Å².